The van der Waals surface area contributed by atoms with E-state index in [9.17, 15) is 4.79 Å². The maximum absolute atomic E-state index is 13.2. The number of rotatable bonds is 8. The number of nitrogens with zero attached hydrogens (tertiary/aromatic N) is 1. The first-order valence-electron chi connectivity index (χ1n) is 10.4. The van der Waals surface area contributed by atoms with Crippen molar-refractivity contribution < 1.29 is 9.53 Å². The molecule has 1 aliphatic heterocycles. The maximum Gasteiger partial charge on any atom is 0.241 e. The molecule has 0 saturated carbocycles. The summed E-state index contributed by atoms with van der Waals surface area (Å²) >= 11 is 0. The number of carbonyl (C=O) groups excluding carboxylic acids is 1. The summed E-state index contributed by atoms with van der Waals surface area (Å²) in [6, 6.07) is 21.7. The molecule has 3 aromatic rings. The highest BCUT2D eigenvalue weighted by molar-refractivity contribution is 5.95. The Labute approximate surface area is 177 Å². The Balaban J connectivity index is 1.46. The number of ether oxygens (including phenoxy) is 1. The number of pyridine rings is 1. The molecule has 0 radical (unpaired) electrons. The summed E-state index contributed by atoms with van der Waals surface area (Å²) in [6.45, 7) is 2.35. The smallest absolute Gasteiger partial charge is 0.241 e. The van der Waals surface area contributed by atoms with Crippen molar-refractivity contribution in [1.82, 2.24) is 10.3 Å². The standard InChI is InChI=1S/C25H27N3O2/c29-25(28-23-8-4-7-22(16-23)21-9-12-26-13-10-21)24(15-19-5-2-1-3-6-19)27-17-20-11-14-30-18-20/h1-10,12-13,16,20,24,27H,11,14-15,17-18H2,(H,28,29)/t20?,24-/m0/s1. The van der Waals surface area contributed by atoms with E-state index in [0.29, 0.717) is 12.3 Å². The normalized spacial score (nSPS) is 16.9. The van der Waals surface area contributed by atoms with Crippen LogP contribution in [0.4, 0.5) is 5.69 Å². The summed E-state index contributed by atoms with van der Waals surface area (Å²) in [5.74, 6) is 0.440. The molecule has 0 aliphatic carbocycles. The van der Waals surface area contributed by atoms with E-state index in [1.54, 1.807) is 12.4 Å². The Kier molecular flexibility index (Phi) is 6.85. The zero-order chi connectivity index (χ0) is 20.6. The third kappa shape index (κ3) is 5.53. The molecule has 154 valence electrons. The van der Waals surface area contributed by atoms with Gasteiger partial charge in [0.15, 0.2) is 0 Å². The van der Waals surface area contributed by atoms with E-state index in [1.165, 1.54) is 0 Å². The van der Waals surface area contributed by atoms with Crippen molar-refractivity contribution in [3.8, 4) is 11.1 Å². The molecule has 1 saturated heterocycles. The van der Waals surface area contributed by atoms with Gasteiger partial charge in [0.1, 0.15) is 0 Å². The fourth-order valence-electron chi connectivity index (χ4n) is 3.71. The quantitative estimate of drug-likeness (QED) is 0.600. The van der Waals surface area contributed by atoms with Crippen LogP contribution in [0.1, 0.15) is 12.0 Å². The van der Waals surface area contributed by atoms with Gasteiger partial charge in [-0.05, 0) is 59.7 Å². The number of benzene rings is 2. The second kappa shape index (κ2) is 10.1. The van der Waals surface area contributed by atoms with Crippen molar-refractivity contribution in [2.24, 2.45) is 5.92 Å². The lowest BCUT2D eigenvalue weighted by molar-refractivity contribution is -0.118. The second-order valence-electron chi connectivity index (χ2n) is 7.69. The third-order valence-electron chi connectivity index (χ3n) is 5.42. The molecule has 1 unspecified atom stereocenters. The zero-order valence-electron chi connectivity index (χ0n) is 17.0. The van der Waals surface area contributed by atoms with Gasteiger partial charge in [-0.3, -0.25) is 9.78 Å². The predicted molar refractivity (Wildman–Crippen MR) is 119 cm³/mol. The summed E-state index contributed by atoms with van der Waals surface area (Å²) in [6.07, 6.45) is 5.23. The fourth-order valence-corrected chi connectivity index (χ4v) is 3.71. The van der Waals surface area contributed by atoms with Crippen molar-refractivity contribution in [3.63, 3.8) is 0 Å². The minimum atomic E-state index is -0.308. The summed E-state index contributed by atoms with van der Waals surface area (Å²) in [5, 5.41) is 6.58. The maximum atomic E-state index is 13.2. The van der Waals surface area contributed by atoms with Crippen molar-refractivity contribution in [3.05, 3.63) is 84.7 Å². The number of carbonyl (C=O) groups is 1. The number of nitrogens with one attached hydrogen (secondary N) is 2. The van der Waals surface area contributed by atoms with Gasteiger partial charge < -0.3 is 15.4 Å². The van der Waals surface area contributed by atoms with E-state index >= 15 is 0 Å². The average Bonchev–Trinajstić information content (AvgIpc) is 3.32. The number of hydrogen-bond acceptors (Lipinski definition) is 4. The molecular weight excluding hydrogens is 374 g/mol. The molecule has 4 rings (SSSR count). The molecule has 5 nitrogen and oxygen atoms in total. The highest BCUT2D eigenvalue weighted by atomic mass is 16.5. The van der Waals surface area contributed by atoms with E-state index in [1.807, 2.05) is 54.6 Å². The molecule has 1 amide bonds. The SMILES string of the molecule is O=C(Nc1cccc(-c2ccncc2)c1)[C@H](Cc1ccccc1)NCC1CCOC1. The Hall–Kier alpha value is -3.02. The molecule has 2 N–H and O–H groups in total. The fraction of sp³-hybridized carbons (Fsp3) is 0.280. The average molecular weight is 402 g/mol. The molecule has 2 atom stereocenters. The minimum absolute atomic E-state index is 0.0235. The highest BCUT2D eigenvalue weighted by Crippen LogP contribution is 2.22. The number of hydrogen-bond donors (Lipinski definition) is 2. The van der Waals surface area contributed by atoms with Crippen LogP contribution in [0, 0.1) is 5.92 Å². The number of amides is 1. The van der Waals surface area contributed by atoms with Gasteiger partial charge in [-0.1, -0.05) is 42.5 Å². The van der Waals surface area contributed by atoms with Crippen LogP contribution in [0.25, 0.3) is 11.1 Å². The minimum Gasteiger partial charge on any atom is -0.381 e. The molecule has 0 bridgehead atoms. The largest absolute Gasteiger partial charge is 0.381 e. The third-order valence-corrected chi connectivity index (χ3v) is 5.42. The molecule has 0 spiro atoms. The predicted octanol–water partition coefficient (Wildman–Crippen LogP) is 3.92. The first kappa shape index (κ1) is 20.3. The van der Waals surface area contributed by atoms with E-state index in [4.69, 9.17) is 4.74 Å². The topological polar surface area (TPSA) is 63.2 Å². The van der Waals surface area contributed by atoms with Crippen LogP contribution in [0.2, 0.25) is 0 Å². The van der Waals surface area contributed by atoms with E-state index < -0.39 is 0 Å². The van der Waals surface area contributed by atoms with Crippen LogP contribution in [-0.4, -0.2) is 36.7 Å². The molecule has 1 aliphatic rings. The highest BCUT2D eigenvalue weighted by Gasteiger charge is 2.22. The lowest BCUT2D eigenvalue weighted by atomic mass is 10.0. The first-order chi connectivity index (χ1) is 14.8. The van der Waals surface area contributed by atoms with E-state index in [2.05, 4.69) is 27.8 Å². The Morgan fingerprint density at radius 3 is 2.63 bits per heavy atom. The molecule has 1 aromatic heterocycles. The Morgan fingerprint density at radius 2 is 1.87 bits per heavy atom. The van der Waals surface area contributed by atoms with Crippen LogP contribution in [-0.2, 0) is 16.0 Å². The van der Waals surface area contributed by atoms with Crippen LogP contribution in [0.5, 0.6) is 0 Å². The first-order valence-corrected chi connectivity index (χ1v) is 10.4. The molecular formula is C25H27N3O2. The summed E-state index contributed by atoms with van der Waals surface area (Å²) in [7, 11) is 0. The van der Waals surface area contributed by atoms with Crippen LogP contribution < -0.4 is 10.6 Å². The zero-order valence-corrected chi connectivity index (χ0v) is 17.0. The second-order valence-corrected chi connectivity index (χ2v) is 7.69. The van der Waals surface area contributed by atoms with Gasteiger partial charge in [-0.25, -0.2) is 0 Å². The molecule has 30 heavy (non-hydrogen) atoms. The Bertz CT molecular complexity index is 941. The lowest BCUT2D eigenvalue weighted by Gasteiger charge is -2.20. The van der Waals surface area contributed by atoms with Crippen molar-refractivity contribution in [2.75, 3.05) is 25.1 Å². The van der Waals surface area contributed by atoms with Gasteiger partial charge in [0.05, 0.1) is 12.6 Å². The van der Waals surface area contributed by atoms with Gasteiger partial charge in [-0.2, -0.15) is 0 Å². The van der Waals surface area contributed by atoms with E-state index in [0.717, 1.165) is 48.6 Å². The van der Waals surface area contributed by atoms with Crippen LogP contribution in [0.3, 0.4) is 0 Å². The lowest BCUT2D eigenvalue weighted by Crippen LogP contribution is -2.44. The van der Waals surface area contributed by atoms with Crippen LogP contribution >= 0.6 is 0 Å². The summed E-state index contributed by atoms with van der Waals surface area (Å²) < 4.78 is 5.47. The van der Waals surface area contributed by atoms with Gasteiger partial charge in [0.25, 0.3) is 0 Å². The van der Waals surface area contributed by atoms with Gasteiger partial charge in [-0.15, -0.1) is 0 Å². The number of aromatic nitrogens is 1. The molecule has 1 fully saturated rings. The van der Waals surface area contributed by atoms with Gasteiger partial charge in [0.2, 0.25) is 5.91 Å². The number of anilines is 1. The van der Waals surface area contributed by atoms with Gasteiger partial charge >= 0.3 is 0 Å². The summed E-state index contributed by atoms with van der Waals surface area (Å²) in [4.78, 5) is 17.2. The molecule has 2 heterocycles. The van der Waals surface area contributed by atoms with Gasteiger partial charge in [0, 0.05) is 31.2 Å². The van der Waals surface area contributed by atoms with E-state index in [-0.39, 0.29) is 11.9 Å². The Morgan fingerprint density at radius 1 is 1.03 bits per heavy atom. The molecule has 5 heteroatoms. The summed E-state index contributed by atoms with van der Waals surface area (Å²) in [5.41, 5.74) is 4.05. The molecule has 2 aromatic carbocycles. The monoisotopic (exact) mass is 401 g/mol. The van der Waals surface area contributed by atoms with Crippen molar-refractivity contribution >= 4 is 11.6 Å². The van der Waals surface area contributed by atoms with Crippen molar-refractivity contribution in [2.45, 2.75) is 18.9 Å². The van der Waals surface area contributed by atoms with Crippen molar-refractivity contribution in [1.29, 1.82) is 0 Å². The van der Waals surface area contributed by atoms with Crippen LogP contribution in [0.15, 0.2) is 79.1 Å².